The van der Waals surface area contributed by atoms with Crippen molar-refractivity contribution < 1.29 is 4.21 Å². The maximum atomic E-state index is 11.0. The van der Waals surface area contributed by atoms with E-state index in [4.69, 9.17) is 11.6 Å². The van der Waals surface area contributed by atoms with Gasteiger partial charge in [-0.2, -0.15) is 0 Å². The maximum Gasteiger partial charge on any atom is 0.0453 e. The fourth-order valence-corrected chi connectivity index (χ4v) is 2.61. The lowest BCUT2D eigenvalue weighted by Crippen LogP contribution is -2.30. The molecule has 0 bridgehead atoms. The molecular formula is C12H18ClNOS. The average Bonchev–Trinajstić information content (AvgIpc) is 2.15. The highest BCUT2D eigenvalue weighted by molar-refractivity contribution is 7.84. The summed E-state index contributed by atoms with van der Waals surface area (Å²) in [4.78, 5) is 0. The molecule has 0 aliphatic carbocycles. The van der Waals surface area contributed by atoms with Gasteiger partial charge in [0.15, 0.2) is 0 Å². The van der Waals surface area contributed by atoms with E-state index >= 15 is 0 Å². The summed E-state index contributed by atoms with van der Waals surface area (Å²) in [6, 6.07) is 6.27. The summed E-state index contributed by atoms with van der Waals surface area (Å²) in [6.07, 6.45) is 1.72. The fraction of sp³-hybridized carbons (Fsp3) is 0.500. The molecule has 0 spiro atoms. The quantitative estimate of drug-likeness (QED) is 0.880. The van der Waals surface area contributed by atoms with Gasteiger partial charge < -0.3 is 5.32 Å². The summed E-state index contributed by atoms with van der Waals surface area (Å²) >= 11 is 6.12. The molecule has 2 unspecified atom stereocenters. The minimum atomic E-state index is -0.758. The van der Waals surface area contributed by atoms with Crippen LogP contribution >= 0.6 is 11.6 Å². The molecule has 1 aromatic rings. The van der Waals surface area contributed by atoms with Crippen molar-refractivity contribution in [3.63, 3.8) is 0 Å². The standard InChI is InChI=1S/C12H18ClNOS/c1-9-4-5-11(12(13)6-9)7-14-10(2)8-16(3)15/h4-6,10,14H,7-8H2,1-3H3. The van der Waals surface area contributed by atoms with E-state index < -0.39 is 10.8 Å². The molecule has 0 aliphatic rings. The molecule has 0 fully saturated rings. The minimum Gasteiger partial charge on any atom is -0.309 e. The van der Waals surface area contributed by atoms with Crippen LogP contribution in [0.25, 0.3) is 0 Å². The normalized spacial score (nSPS) is 14.8. The van der Waals surface area contributed by atoms with Gasteiger partial charge in [0.1, 0.15) is 0 Å². The van der Waals surface area contributed by atoms with Crippen molar-refractivity contribution in [3.05, 3.63) is 34.3 Å². The molecule has 2 atom stereocenters. The van der Waals surface area contributed by atoms with Crippen LogP contribution in [-0.4, -0.2) is 22.3 Å². The zero-order valence-corrected chi connectivity index (χ0v) is 11.5. The van der Waals surface area contributed by atoms with E-state index in [9.17, 15) is 4.21 Å². The molecule has 2 nitrogen and oxygen atoms in total. The first kappa shape index (κ1) is 13.7. The summed E-state index contributed by atoms with van der Waals surface area (Å²) in [5.74, 6) is 0.670. The average molecular weight is 260 g/mol. The number of nitrogens with one attached hydrogen (secondary N) is 1. The van der Waals surface area contributed by atoms with Crippen LogP contribution in [0.15, 0.2) is 18.2 Å². The number of hydrogen-bond donors (Lipinski definition) is 1. The number of benzene rings is 1. The van der Waals surface area contributed by atoms with Crippen molar-refractivity contribution in [1.29, 1.82) is 0 Å². The Kier molecular flexibility index (Phi) is 5.46. The highest BCUT2D eigenvalue weighted by Crippen LogP contribution is 2.17. The van der Waals surface area contributed by atoms with Gasteiger partial charge in [-0.15, -0.1) is 0 Å². The first-order valence-electron chi connectivity index (χ1n) is 5.27. The molecule has 1 rings (SSSR count). The van der Waals surface area contributed by atoms with Gasteiger partial charge in [0.2, 0.25) is 0 Å². The Balaban J connectivity index is 2.51. The van der Waals surface area contributed by atoms with Gasteiger partial charge in [-0.05, 0) is 31.0 Å². The van der Waals surface area contributed by atoms with Gasteiger partial charge in [0, 0.05) is 40.4 Å². The van der Waals surface area contributed by atoms with E-state index in [1.54, 1.807) is 6.26 Å². The molecule has 90 valence electrons. The Labute approximate surface area is 105 Å². The lowest BCUT2D eigenvalue weighted by molar-refractivity contribution is 0.587. The Hall–Kier alpha value is -0.380. The van der Waals surface area contributed by atoms with Crippen molar-refractivity contribution in [3.8, 4) is 0 Å². The van der Waals surface area contributed by atoms with Gasteiger partial charge in [0.05, 0.1) is 0 Å². The predicted octanol–water partition coefficient (Wildman–Crippen LogP) is 2.51. The van der Waals surface area contributed by atoms with Crippen LogP contribution < -0.4 is 5.32 Å². The van der Waals surface area contributed by atoms with Gasteiger partial charge in [-0.1, -0.05) is 23.7 Å². The zero-order valence-electron chi connectivity index (χ0n) is 9.92. The van der Waals surface area contributed by atoms with Crippen LogP contribution in [0, 0.1) is 6.92 Å². The minimum absolute atomic E-state index is 0.239. The molecule has 0 saturated carbocycles. The summed E-state index contributed by atoms with van der Waals surface area (Å²) in [5.41, 5.74) is 2.25. The molecular weight excluding hydrogens is 242 g/mol. The molecule has 0 heterocycles. The van der Waals surface area contributed by atoms with Crippen molar-refractivity contribution in [2.24, 2.45) is 0 Å². The monoisotopic (exact) mass is 259 g/mol. The molecule has 0 aromatic heterocycles. The second-order valence-corrected chi connectivity index (χ2v) is 6.00. The van der Waals surface area contributed by atoms with Crippen molar-refractivity contribution in [1.82, 2.24) is 5.32 Å². The van der Waals surface area contributed by atoms with Crippen LogP contribution in [0.3, 0.4) is 0 Å². The Morgan fingerprint density at radius 2 is 2.19 bits per heavy atom. The van der Waals surface area contributed by atoms with Crippen LogP contribution in [0.5, 0.6) is 0 Å². The Bertz CT molecular complexity index is 381. The molecule has 1 N–H and O–H groups in total. The second-order valence-electron chi connectivity index (χ2n) is 4.12. The highest BCUT2D eigenvalue weighted by atomic mass is 35.5. The first-order valence-corrected chi connectivity index (χ1v) is 7.38. The predicted molar refractivity (Wildman–Crippen MR) is 71.4 cm³/mol. The van der Waals surface area contributed by atoms with Gasteiger partial charge in [-0.25, -0.2) is 0 Å². The lowest BCUT2D eigenvalue weighted by Gasteiger charge is -2.13. The second kappa shape index (κ2) is 6.38. The van der Waals surface area contributed by atoms with E-state index in [2.05, 4.69) is 5.32 Å². The third-order valence-electron chi connectivity index (χ3n) is 2.33. The molecule has 1 aromatic carbocycles. The number of hydrogen-bond acceptors (Lipinski definition) is 2. The largest absolute Gasteiger partial charge is 0.309 e. The Morgan fingerprint density at radius 3 is 2.75 bits per heavy atom. The summed E-state index contributed by atoms with van der Waals surface area (Å²) in [5, 5.41) is 4.10. The molecule has 0 aliphatic heterocycles. The molecule has 0 radical (unpaired) electrons. The molecule has 0 amide bonds. The summed E-state index contributed by atoms with van der Waals surface area (Å²) in [7, 11) is -0.758. The van der Waals surface area contributed by atoms with Gasteiger partial charge in [-0.3, -0.25) is 4.21 Å². The van der Waals surface area contributed by atoms with E-state index in [0.717, 1.165) is 22.7 Å². The topological polar surface area (TPSA) is 29.1 Å². The first-order chi connectivity index (χ1) is 7.49. The van der Waals surface area contributed by atoms with Crippen molar-refractivity contribution in [2.75, 3.05) is 12.0 Å². The van der Waals surface area contributed by atoms with Crippen LogP contribution in [0.4, 0.5) is 0 Å². The van der Waals surface area contributed by atoms with Gasteiger partial charge in [0.25, 0.3) is 0 Å². The maximum absolute atomic E-state index is 11.0. The number of halogens is 1. The fourth-order valence-electron chi connectivity index (χ4n) is 1.49. The number of rotatable bonds is 5. The zero-order chi connectivity index (χ0) is 12.1. The number of aryl methyl sites for hydroxylation is 1. The van der Waals surface area contributed by atoms with Crippen LogP contribution in [0.2, 0.25) is 5.02 Å². The van der Waals surface area contributed by atoms with Crippen LogP contribution in [0.1, 0.15) is 18.1 Å². The highest BCUT2D eigenvalue weighted by Gasteiger charge is 2.05. The smallest absolute Gasteiger partial charge is 0.0453 e. The van der Waals surface area contributed by atoms with Gasteiger partial charge >= 0.3 is 0 Å². The molecule has 0 saturated heterocycles. The van der Waals surface area contributed by atoms with E-state index in [1.807, 2.05) is 32.0 Å². The third kappa shape index (κ3) is 4.64. The lowest BCUT2D eigenvalue weighted by atomic mass is 10.1. The Morgan fingerprint density at radius 1 is 1.50 bits per heavy atom. The third-order valence-corrected chi connectivity index (χ3v) is 3.66. The molecule has 16 heavy (non-hydrogen) atoms. The summed E-state index contributed by atoms with van der Waals surface area (Å²) < 4.78 is 11.0. The SMILES string of the molecule is Cc1ccc(CNC(C)CS(C)=O)c(Cl)c1. The van der Waals surface area contributed by atoms with Crippen molar-refractivity contribution >= 4 is 22.4 Å². The van der Waals surface area contributed by atoms with E-state index in [0.29, 0.717) is 5.75 Å². The molecule has 4 heteroatoms. The summed E-state index contributed by atoms with van der Waals surface area (Å²) in [6.45, 7) is 4.77. The van der Waals surface area contributed by atoms with E-state index in [1.165, 1.54) is 0 Å². The van der Waals surface area contributed by atoms with Crippen molar-refractivity contribution in [2.45, 2.75) is 26.4 Å². The van der Waals surface area contributed by atoms with E-state index in [-0.39, 0.29) is 6.04 Å². The van der Waals surface area contributed by atoms with Crippen LogP contribution in [-0.2, 0) is 17.3 Å².